The lowest BCUT2D eigenvalue weighted by Gasteiger charge is -2.47. The van der Waals surface area contributed by atoms with Crippen molar-refractivity contribution in [1.29, 1.82) is 5.26 Å². The molecule has 2 aliphatic rings. The van der Waals surface area contributed by atoms with E-state index < -0.39 is 11.7 Å². The van der Waals surface area contributed by atoms with Crippen molar-refractivity contribution in [2.24, 2.45) is 0 Å². The van der Waals surface area contributed by atoms with Crippen LogP contribution in [0.5, 0.6) is 0 Å². The van der Waals surface area contributed by atoms with E-state index >= 15 is 0 Å². The van der Waals surface area contributed by atoms with Gasteiger partial charge in [0.15, 0.2) is 0 Å². The molecule has 0 bridgehead atoms. The Kier molecular flexibility index (Phi) is 4.63. The number of aromatic nitrogens is 3. The zero-order chi connectivity index (χ0) is 21.6. The third-order valence-electron chi connectivity index (χ3n) is 6.50. The lowest BCUT2D eigenvalue weighted by atomic mass is 9.71. The molecule has 5 rings (SSSR count). The molecule has 3 N–H and O–H groups in total. The molecule has 3 heterocycles. The van der Waals surface area contributed by atoms with Crippen LogP contribution in [-0.4, -0.2) is 33.1 Å². The van der Waals surface area contributed by atoms with E-state index in [2.05, 4.69) is 25.6 Å². The molecule has 1 aliphatic carbocycles. The molecule has 1 saturated carbocycles. The average molecular weight is 426 g/mol. The van der Waals surface area contributed by atoms with E-state index in [1.165, 1.54) is 25.5 Å². The van der Waals surface area contributed by atoms with Crippen molar-refractivity contribution in [2.45, 2.75) is 49.9 Å². The molecule has 9 heteroatoms. The molecule has 1 spiro atoms. The third-order valence-corrected chi connectivity index (χ3v) is 6.50. The van der Waals surface area contributed by atoms with Crippen LogP contribution in [-0.2, 0) is 6.18 Å². The highest BCUT2D eigenvalue weighted by atomic mass is 19.4. The minimum atomic E-state index is -4.59. The Morgan fingerprint density at radius 2 is 2.06 bits per heavy atom. The highest BCUT2D eigenvalue weighted by Crippen LogP contribution is 2.40. The molecule has 1 saturated heterocycles. The summed E-state index contributed by atoms with van der Waals surface area (Å²) in [5.74, 6) is 0.183. The fraction of sp³-hybridized carbons (Fsp3) is 0.409. The van der Waals surface area contributed by atoms with Gasteiger partial charge in [0.1, 0.15) is 5.56 Å². The minimum absolute atomic E-state index is 0.0666. The topological polar surface area (TPSA) is 89.4 Å². The van der Waals surface area contributed by atoms with E-state index in [1.54, 1.807) is 18.2 Å². The highest BCUT2D eigenvalue weighted by molar-refractivity contribution is 5.96. The lowest BCUT2D eigenvalue weighted by Crippen LogP contribution is -2.58. The fourth-order valence-electron chi connectivity index (χ4n) is 4.57. The van der Waals surface area contributed by atoms with Crippen molar-refractivity contribution in [1.82, 2.24) is 20.3 Å². The summed E-state index contributed by atoms with van der Waals surface area (Å²) in [5, 5.41) is 16.4. The first kappa shape index (κ1) is 19.8. The summed E-state index contributed by atoms with van der Waals surface area (Å²) < 4.78 is 41.1. The Morgan fingerprint density at radius 1 is 1.23 bits per heavy atom. The SMILES string of the molecule is N#Cc1ccc2c(-c3nc(N[C@@H]4CCC5(CCC5)NC4)ncc3C(F)(F)F)c[nH]c2c1. The summed E-state index contributed by atoms with van der Waals surface area (Å²) in [6.07, 6.45) is 3.35. The van der Waals surface area contributed by atoms with Crippen LogP contribution in [0.25, 0.3) is 22.2 Å². The molecule has 2 fully saturated rings. The first-order valence-corrected chi connectivity index (χ1v) is 10.3. The number of alkyl halides is 3. The number of hydrogen-bond donors (Lipinski definition) is 3. The summed E-state index contributed by atoms with van der Waals surface area (Å²) >= 11 is 0. The number of H-pyrrole nitrogens is 1. The number of halogens is 3. The predicted molar refractivity (Wildman–Crippen MR) is 110 cm³/mol. The minimum Gasteiger partial charge on any atom is -0.360 e. The number of nitrogens with one attached hydrogen (secondary N) is 3. The molecule has 1 aliphatic heterocycles. The zero-order valence-electron chi connectivity index (χ0n) is 16.7. The number of rotatable bonds is 3. The first-order valence-electron chi connectivity index (χ1n) is 10.3. The molecular weight excluding hydrogens is 405 g/mol. The van der Waals surface area contributed by atoms with Crippen LogP contribution in [0.1, 0.15) is 43.2 Å². The van der Waals surface area contributed by atoms with Crippen molar-refractivity contribution in [3.8, 4) is 17.3 Å². The van der Waals surface area contributed by atoms with Crippen LogP contribution in [0.15, 0.2) is 30.6 Å². The van der Waals surface area contributed by atoms with Crippen molar-refractivity contribution in [3.05, 3.63) is 41.7 Å². The van der Waals surface area contributed by atoms with Gasteiger partial charge in [0.05, 0.1) is 17.3 Å². The number of aromatic amines is 1. The summed E-state index contributed by atoms with van der Waals surface area (Å²) in [6, 6.07) is 6.92. The molecule has 160 valence electrons. The van der Waals surface area contributed by atoms with Crippen LogP contribution in [0, 0.1) is 11.3 Å². The average Bonchev–Trinajstić information content (AvgIpc) is 3.15. The van der Waals surface area contributed by atoms with Crippen LogP contribution in [0.4, 0.5) is 19.1 Å². The number of anilines is 1. The van der Waals surface area contributed by atoms with Gasteiger partial charge in [-0.25, -0.2) is 9.97 Å². The van der Waals surface area contributed by atoms with Crippen LogP contribution >= 0.6 is 0 Å². The molecule has 0 amide bonds. The Hall–Kier alpha value is -3.12. The first-order chi connectivity index (χ1) is 14.9. The number of nitrogens with zero attached hydrogens (tertiary/aromatic N) is 3. The second-order valence-electron chi connectivity index (χ2n) is 8.42. The van der Waals surface area contributed by atoms with Gasteiger partial charge in [-0.3, -0.25) is 0 Å². The van der Waals surface area contributed by atoms with Gasteiger partial charge in [-0.2, -0.15) is 18.4 Å². The molecular formula is C22H21F3N6. The monoisotopic (exact) mass is 426 g/mol. The van der Waals surface area contributed by atoms with Crippen LogP contribution < -0.4 is 10.6 Å². The van der Waals surface area contributed by atoms with E-state index in [0.29, 0.717) is 22.0 Å². The number of fused-ring (bicyclic) bond motifs is 1. The van der Waals surface area contributed by atoms with Gasteiger partial charge in [0.25, 0.3) is 0 Å². The normalized spacial score (nSPS) is 20.4. The molecule has 0 radical (unpaired) electrons. The standard InChI is InChI=1S/C22H21F3N6/c23-22(24,25)17-12-28-20(30-14-4-7-21(29-10-14)5-1-6-21)31-19(17)16-11-27-18-8-13(9-26)2-3-15(16)18/h2-3,8,11-12,14,27,29H,1,4-7,10H2,(H,28,30,31)/t14-/m1/s1. The maximum atomic E-state index is 13.7. The summed E-state index contributed by atoms with van der Waals surface area (Å²) in [4.78, 5) is 11.2. The van der Waals surface area contributed by atoms with E-state index in [0.717, 1.165) is 25.6 Å². The van der Waals surface area contributed by atoms with E-state index in [4.69, 9.17) is 5.26 Å². The van der Waals surface area contributed by atoms with Crippen molar-refractivity contribution >= 4 is 16.9 Å². The van der Waals surface area contributed by atoms with Gasteiger partial charge >= 0.3 is 6.18 Å². The molecule has 6 nitrogen and oxygen atoms in total. The largest absolute Gasteiger partial charge is 0.419 e. The number of piperidine rings is 1. The van der Waals surface area contributed by atoms with Gasteiger partial charge in [-0.1, -0.05) is 6.07 Å². The van der Waals surface area contributed by atoms with Crippen molar-refractivity contribution in [2.75, 3.05) is 11.9 Å². The Morgan fingerprint density at radius 3 is 2.71 bits per heavy atom. The number of hydrogen-bond acceptors (Lipinski definition) is 5. The van der Waals surface area contributed by atoms with Crippen molar-refractivity contribution < 1.29 is 13.2 Å². The molecule has 1 aromatic carbocycles. The Labute approximate surface area is 176 Å². The maximum absolute atomic E-state index is 13.7. The van der Waals surface area contributed by atoms with Gasteiger partial charge in [0, 0.05) is 47.0 Å². The van der Waals surface area contributed by atoms with Crippen LogP contribution in [0.2, 0.25) is 0 Å². The molecule has 3 aromatic rings. The summed E-state index contributed by atoms with van der Waals surface area (Å²) in [5.41, 5.74) is 0.524. The van der Waals surface area contributed by atoms with Gasteiger partial charge in [-0.15, -0.1) is 0 Å². The molecule has 0 unspecified atom stereocenters. The Bertz CT molecular complexity index is 1160. The fourth-order valence-corrected chi connectivity index (χ4v) is 4.57. The predicted octanol–water partition coefficient (Wildman–Crippen LogP) is 4.60. The Balaban J connectivity index is 1.48. The zero-order valence-corrected chi connectivity index (χ0v) is 16.7. The summed E-state index contributed by atoms with van der Waals surface area (Å²) in [6.45, 7) is 0.740. The van der Waals surface area contributed by atoms with Crippen LogP contribution in [0.3, 0.4) is 0 Å². The molecule has 31 heavy (non-hydrogen) atoms. The van der Waals surface area contributed by atoms with Gasteiger partial charge < -0.3 is 15.6 Å². The quantitative estimate of drug-likeness (QED) is 0.570. The van der Waals surface area contributed by atoms with E-state index in [1.807, 2.05) is 6.07 Å². The third kappa shape index (κ3) is 3.61. The van der Waals surface area contributed by atoms with Gasteiger partial charge in [-0.05, 0) is 44.2 Å². The van der Waals surface area contributed by atoms with E-state index in [9.17, 15) is 13.2 Å². The second-order valence-corrected chi connectivity index (χ2v) is 8.42. The smallest absolute Gasteiger partial charge is 0.360 e. The number of nitriles is 1. The molecule has 2 aromatic heterocycles. The summed E-state index contributed by atoms with van der Waals surface area (Å²) in [7, 11) is 0. The highest BCUT2D eigenvalue weighted by Gasteiger charge is 2.40. The van der Waals surface area contributed by atoms with Crippen molar-refractivity contribution in [3.63, 3.8) is 0 Å². The second kappa shape index (κ2) is 7.24. The van der Waals surface area contributed by atoms with Gasteiger partial charge in [0.2, 0.25) is 5.95 Å². The maximum Gasteiger partial charge on any atom is 0.419 e. The van der Waals surface area contributed by atoms with E-state index in [-0.39, 0.29) is 23.2 Å². The number of benzene rings is 1. The lowest BCUT2D eigenvalue weighted by molar-refractivity contribution is -0.137. The molecule has 1 atom stereocenters.